The van der Waals surface area contributed by atoms with E-state index in [1.54, 1.807) is 18.9 Å². The molecule has 2 aliphatic heterocycles. The number of H-pyrrole nitrogens is 1. The number of carbonyl (C=O) groups is 1. The molecule has 10 heteroatoms. The lowest BCUT2D eigenvalue weighted by atomic mass is 9.92. The molecule has 9 nitrogen and oxygen atoms in total. The summed E-state index contributed by atoms with van der Waals surface area (Å²) < 4.78 is 7.38. The van der Waals surface area contributed by atoms with E-state index in [1.165, 1.54) is 6.08 Å². The molecular formula is C30H34N6O3S. The molecule has 3 atom stereocenters. The van der Waals surface area contributed by atoms with Crippen LogP contribution in [0.1, 0.15) is 31.0 Å². The van der Waals surface area contributed by atoms with Gasteiger partial charge in [0, 0.05) is 59.3 Å². The molecule has 1 amide bonds. The highest BCUT2D eigenvalue weighted by Gasteiger charge is 2.35. The highest BCUT2D eigenvalue weighted by molar-refractivity contribution is 7.99. The lowest BCUT2D eigenvalue weighted by Crippen LogP contribution is -2.58. The number of ether oxygens (including phenoxy) is 1. The lowest BCUT2D eigenvalue weighted by molar-refractivity contribution is -0.130. The Morgan fingerprint density at radius 1 is 1.18 bits per heavy atom. The van der Waals surface area contributed by atoms with E-state index in [9.17, 15) is 9.59 Å². The van der Waals surface area contributed by atoms with Gasteiger partial charge in [0.25, 0.3) is 0 Å². The first kappa shape index (κ1) is 26.6. The SMILES string of the molecule is C=CC(=O)N1[C@H](C)CN(c2nc(=O)n3c4c(c(-c5c(C)ccc6[nH]ncc56)c(C)cc24)SCC3COC)C[C@@H]1C. The Kier molecular flexibility index (Phi) is 6.70. The van der Waals surface area contributed by atoms with Gasteiger partial charge in [0.2, 0.25) is 5.91 Å². The number of nitrogens with one attached hydrogen (secondary N) is 1. The van der Waals surface area contributed by atoms with Gasteiger partial charge in [-0.05, 0) is 62.6 Å². The van der Waals surface area contributed by atoms with Gasteiger partial charge in [0.15, 0.2) is 0 Å². The molecule has 2 aromatic carbocycles. The van der Waals surface area contributed by atoms with Crippen molar-refractivity contribution in [3.05, 3.63) is 58.7 Å². The largest absolute Gasteiger partial charge is 0.383 e. The fourth-order valence-electron chi connectivity index (χ4n) is 6.58. The van der Waals surface area contributed by atoms with E-state index in [0.29, 0.717) is 31.3 Å². The third kappa shape index (κ3) is 4.04. The summed E-state index contributed by atoms with van der Waals surface area (Å²) in [6, 6.07) is 6.11. The number of anilines is 1. The minimum absolute atomic E-state index is 0.0572. The van der Waals surface area contributed by atoms with Crippen LogP contribution in [0.4, 0.5) is 5.82 Å². The van der Waals surface area contributed by atoms with Crippen LogP contribution < -0.4 is 10.6 Å². The first-order valence-corrected chi connectivity index (χ1v) is 14.6. The molecule has 2 aromatic heterocycles. The number of thioether (sulfide) groups is 1. The highest BCUT2D eigenvalue weighted by Crippen LogP contribution is 2.48. The molecule has 0 spiro atoms. The van der Waals surface area contributed by atoms with Crippen molar-refractivity contribution in [3.8, 4) is 11.1 Å². The summed E-state index contributed by atoms with van der Waals surface area (Å²) >= 11 is 1.78. The van der Waals surface area contributed by atoms with Crippen LogP contribution in [0.5, 0.6) is 0 Å². The van der Waals surface area contributed by atoms with Gasteiger partial charge >= 0.3 is 5.69 Å². The monoisotopic (exact) mass is 558 g/mol. The zero-order valence-corrected chi connectivity index (χ0v) is 24.3. The highest BCUT2D eigenvalue weighted by atomic mass is 32.2. The van der Waals surface area contributed by atoms with Crippen LogP contribution in [-0.2, 0) is 9.53 Å². The molecule has 6 rings (SSSR count). The average molecular weight is 559 g/mol. The van der Waals surface area contributed by atoms with Gasteiger partial charge in [0.05, 0.1) is 29.9 Å². The molecule has 1 fully saturated rings. The van der Waals surface area contributed by atoms with Gasteiger partial charge in [-0.1, -0.05) is 12.6 Å². The van der Waals surface area contributed by atoms with E-state index in [2.05, 4.69) is 53.7 Å². The van der Waals surface area contributed by atoms with E-state index in [4.69, 9.17) is 9.72 Å². The van der Waals surface area contributed by atoms with Crippen molar-refractivity contribution in [3.63, 3.8) is 0 Å². The molecule has 4 aromatic rings. The van der Waals surface area contributed by atoms with Crippen LogP contribution in [0, 0.1) is 13.8 Å². The Bertz CT molecular complexity index is 1710. The summed E-state index contributed by atoms with van der Waals surface area (Å²) in [7, 11) is 1.67. The molecule has 1 saturated heterocycles. The van der Waals surface area contributed by atoms with Crippen molar-refractivity contribution in [1.82, 2.24) is 24.6 Å². The van der Waals surface area contributed by atoms with Crippen molar-refractivity contribution in [2.75, 3.05) is 37.5 Å². The zero-order valence-electron chi connectivity index (χ0n) is 23.5. The Hall–Kier alpha value is -3.63. The number of aromatic nitrogens is 4. The van der Waals surface area contributed by atoms with Crippen molar-refractivity contribution >= 4 is 45.3 Å². The number of piperazine rings is 1. The number of nitrogens with zero attached hydrogens (tertiary/aromatic N) is 5. The Morgan fingerprint density at radius 2 is 1.93 bits per heavy atom. The number of amides is 1. The van der Waals surface area contributed by atoms with Crippen LogP contribution in [0.3, 0.4) is 0 Å². The number of hydrogen-bond acceptors (Lipinski definition) is 7. The van der Waals surface area contributed by atoms with E-state index in [0.717, 1.165) is 49.0 Å². The smallest absolute Gasteiger partial charge is 0.350 e. The van der Waals surface area contributed by atoms with Crippen molar-refractivity contribution in [2.45, 2.75) is 50.7 Å². The first-order valence-electron chi connectivity index (χ1n) is 13.6. The Morgan fingerprint density at radius 3 is 2.62 bits per heavy atom. The summed E-state index contributed by atoms with van der Waals surface area (Å²) in [6.07, 6.45) is 3.25. The number of carbonyl (C=O) groups excluding carboxylic acids is 1. The van der Waals surface area contributed by atoms with Crippen molar-refractivity contribution in [1.29, 1.82) is 0 Å². The lowest BCUT2D eigenvalue weighted by Gasteiger charge is -2.45. The second-order valence-corrected chi connectivity index (χ2v) is 12.0. The summed E-state index contributed by atoms with van der Waals surface area (Å²) in [5.74, 6) is 1.31. The van der Waals surface area contributed by atoms with E-state index < -0.39 is 0 Å². The minimum Gasteiger partial charge on any atom is -0.383 e. The molecule has 0 bridgehead atoms. The zero-order chi connectivity index (χ0) is 28.3. The van der Waals surface area contributed by atoms with Crippen molar-refractivity contribution in [2.24, 2.45) is 0 Å². The third-order valence-corrected chi connectivity index (χ3v) is 9.45. The van der Waals surface area contributed by atoms with Gasteiger partial charge in [-0.2, -0.15) is 10.1 Å². The number of methoxy groups -OCH3 is 1. The minimum atomic E-state index is -0.274. The van der Waals surface area contributed by atoms with Gasteiger partial charge < -0.3 is 14.5 Å². The quantitative estimate of drug-likeness (QED) is 0.361. The summed E-state index contributed by atoms with van der Waals surface area (Å²) in [5, 5.41) is 9.43. The average Bonchev–Trinajstić information content (AvgIpc) is 3.40. The molecule has 1 N–H and O–H groups in total. The first-order chi connectivity index (χ1) is 19.2. The molecular weight excluding hydrogens is 524 g/mol. The Balaban J connectivity index is 1.61. The second-order valence-electron chi connectivity index (χ2n) is 10.9. The predicted molar refractivity (Wildman–Crippen MR) is 160 cm³/mol. The second kappa shape index (κ2) is 10.1. The maximum Gasteiger partial charge on any atom is 0.350 e. The molecule has 1 unspecified atom stereocenters. The Labute approximate surface area is 237 Å². The van der Waals surface area contributed by atoms with Crippen LogP contribution >= 0.6 is 11.8 Å². The molecule has 208 valence electrons. The summed E-state index contributed by atoms with van der Waals surface area (Å²) in [4.78, 5) is 36.2. The van der Waals surface area contributed by atoms with Crippen LogP contribution in [0.2, 0.25) is 0 Å². The van der Waals surface area contributed by atoms with Gasteiger partial charge in [-0.15, -0.1) is 11.8 Å². The molecule has 4 heterocycles. The third-order valence-electron chi connectivity index (χ3n) is 8.22. The van der Waals surface area contributed by atoms with Gasteiger partial charge in [-0.25, -0.2) is 4.79 Å². The fraction of sp³-hybridized carbons (Fsp3) is 0.400. The van der Waals surface area contributed by atoms with Gasteiger partial charge in [-0.3, -0.25) is 14.5 Å². The summed E-state index contributed by atoms with van der Waals surface area (Å²) in [5.41, 5.74) is 6.14. The summed E-state index contributed by atoms with van der Waals surface area (Å²) in [6.45, 7) is 13.6. The number of hydrogen-bond donors (Lipinski definition) is 1. The number of aromatic amines is 1. The van der Waals surface area contributed by atoms with E-state index in [-0.39, 0.29) is 29.7 Å². The van der Waals surface area contributed by atoms with Crippen LogP contribution in [0.15, 0.2) is 46.7 Å². The number of rotatable bonds is 5. The number of fused-ring (bicyclic) bond motifs is 1. The molecule has 2 aliphatic rings. The topological polar surface area (TPSA) is 96.4 Å². The number of benzene rings is 2. The maximum absolute atomic E-state index is 13.8. The van der Waals surface area contributed by atoms with E-state index in [1.807, 2.05) is 29.5 Å². The van der Waals surface area contributed by atoms with E-state index >= 15 is 0 Å². The van der Waals surface area contributed by atoms with Crippen molar-refractivity contribution < 1.29 is 9.53 Å². The number of aryl methyl sites for hydroxylation is 2. The molecule has 40 heavy (non-hydrogen) atoms. The molecule has 0 saturated carbocycles. The van der Waals surface area contributed by atoms with Crippen LogP contribution in [0.25, 0.3) is 32.9 Å². The normalized spacial score (nSPS) is 20.9. The van der Waals surface area contributed by atoms with Gasteiger partial charge in [0.1, 0.15) is 5.82 Å². The maximum atomic E-state index is 13.8. The molecule has 0 aliphatic carbocycles. The molecule has 0 radical (unpaired) electrons. The van der Waals surface area contributed by atoms with Crippen LogP contribution in [-0.4, -0.2) is 75.2 Å². The standard InChI is InChI=1S/C30H34N6O3S/c1-7-24(37)35-18(4)12-34(13-19(35)5)29-21-10-17(3)26(25-16(2)8-9-23-22(25)11-31-33-23)28-27(21)36(30(38)32-29)20(14-39-6)15-40-28/h7-11,18-20H,1,12-15H2,2-6H3,(H,31,33)/t18-,19+,20?. The predicted octanol–water partition coefficient (Wildman–Crippen LogP) is 4.46. The fourth-order valence-corrected chi connectivity index (χ4v) is 7.94.